The number of carbonyl (C=O) groups is 1. The summed E-state index contributed by atoms with van der Waals surface area (Å²) in [6.07, 6.45) is 0. The largest absolute Gasteiger partial charge is 0.319 e. The first kappa shape index (κ1) is 7.77. The molecule has 0 saturated carbocycles. The zero-order chi connectivity index (χ0) is 6.57. The third-order valence-electron chi connectivity index (χ3n) is 0.291. The highest BCUT2D eigenvalue weighted by molar-refractivity contribution is 9.09. The highest BCUT2D eigenvalue weighted by atomic mass is 79.9. The fourth-order valence-corrected chi connectivity index (χ4v) is 0.630. The van der Waals surface area contributed by atoms with Crippen LogP contribution in [0.3, 0.4) is 0 Å². The fourth-order valence-electron chi connectivity index (χ4n) is 0.108. The molecule has 0 spiro atoms. The maximum Gasteiger partial charge on any atom is 0.319 e. The lowest BCUT2D eigenvalue weighted by Crippen LogP contribution is -1.90. The molecular formula is C2H2BrNO3S. The average molecular weight is 200 g/mol. The first-order valence-electron chi connectivity index (χ1n) is 1.56. The number of alkyl halides is 1. The molecule has 0 aromatic heterocycles. The van der Waals surface area contributed by atoms with Gasteiger partial charge in [-0.2, -0.15) is 8.42 Å². The summed E-state index contributed by atoms with van der Waals surface area (Å²) in [5.74, 6) is -0.696. The zero-order valence-corrected chi connectivity index (χ0v) is 6.07. The first-order chi connectivity index (χ1) is 3.66. The summed E-state index contributed by atoms with van der Waals surface area (Å²) >= 11 is 2.73. The molecule has 8 heavy (non-hydrogen) atoms. The van der Waals surface area contributed by atoms with E-state index in [1.54, 1.807) is 0 Å². The first-order valence-corrected chi connectivity index (χ1v) is 3.72. The van der Waals surface area contributed by atoms with Gasteiger partial charge in [-0.15, -0.1) is 0 Å². The van der Waals surface area contributed by atoms with Gasteiger partial charge in [0.2, 0.25) is 0 Å². The van der Waals surface area contributed by atoms with Crippen molar-refractivity contribution in [2.75, 3.05) is 5.33 Å². The third kappa shape index (κ3) is 3.94. The molecule has 6 heteroatoms. The number of halogens is 1. The van der Waals surface area contributed by atoms with Crippen LogP contribution in [0.2, 0.25) is 0 Å². The van der Waals surface area contributed by atoms with Crippen LogP contribution >= 0.6 is 15.9 Å². The molecule has 0 aromatic carbocycles. The quantitative estimate of drug-likeness (QED) is 0.558. The van der Waals surface area contributed by atoms with Crippen LogP contribution in [0.5, 0.6) is 0 Å². The van der Waals surface area contributed by atoms with E-state index in [4.69, 9.17) is 0 Å². The molecule has 0 fully saturated rings. The lowest BCUT2D eigenvalue weighted by Gasteiger charge is -1.71. The molecular weight excluding hydrogens is 198 g/mol. The lowest BCUT2D eigenvalue weighted by atomic mass is 10.8. The topological polar surface area (TPSA) is 63.6 Å². The van der Waals surface area contributed by atoms with Crippen molar-refractivity contribution in [1.82, 2.24) is 0 Å². The van der Waals surface area contributed by atoms with Crippen LogP contribution in [0.25, 0.3) is 0 Å². The van der Waals surface area contributed by atoms with E-state index in [0.29, 0.717) is 0 Å². The predicted octanol–water partition coefficient (Wildman–Crippen LogP) is -0.0294. The van der Waals surface area contributed by atoms with Crippen molar-refractivity contribution < 1.29 is 13.2 Å². The van der Waals surface area contributed by atoms with Crippen molar-refractivity contribution in [3.8, 4) is 0 Å². The summed E-state index contributed by atoms with van der Waals surface area (Å²) in [5, 5.41) is -0.0546. The van der Waals surface area contributed by atoms with E-state index in [-0.39, 0.29) is 5.33 Å². The van der Waals surface area contributed by atoms with Gasteiger partial charge >= 0.3 is 10.5 Å². The molecule has 0 aromatic rings. The van der Waals surface area contributed by atoms with E-state index in [1.807, 2.05) is 0 Å². The van der Waals surface area contributed by atoms with Crippen molar-refractivity contribution in [3.05, 3.63) is 0 Å². The molecule has 0 saturated heterocycles. The van der Waals surface area contributed by atoms with Crippen molar-refractivity contribution in [2.45, 2.75) is 0 Å². The SMILES string of the molecule is O=C(CBr)N=S(=O)=O. The van der Waals surface area contributed by atoms with Crippen molar-refractivity contribution in [1.29, 1.82) is 0 Å². The zero-order valence-electron chi connectivity index (χ0n) is 3.67. The molecule has 0 aliphatic carbocycles. The van der Waals surface area contributed by atoms with Gasteiger partial charge in [0.1, 0.15) is 0 Å². The van der Waals surface area contributed by atoms with Crippen LogP contribution in [0.4, 0.5) is 0 Å². The Balaban J connectivity index is 4.12. The lowest BCUT2D eigenvalue weighted by molar-refractivity contribution is -0.115. The molecule has 0 aliphatic rings. The van der Waals surface area contributed by atoms with Crippen LogP contribution in [0.15, 0.2) is 4.36 Å². The number of nitrogens with zero attached hydrogens (tertiary/aromatic N) is 1. The second-order valence-corrected chi connectivity index (χ2v) is 2.01. The van der Waals surface area contributed by atoms with Gasteiger partial charge in [-0.25, -0.2) is 0 Å². The van der Waals surface area contributed by atoms with E-state index < -0.39 is 16.4 Å². The standard InChI is InChI=1S/C2H2BrNO3S/c3-1-2(5)4-8(6)7/h1H2. The summed E-state index contributed by atoms with van der Waals surface area (Å²) in [7, 11) is -2.60. The van der Waals surface area contributed by atoms with Gasteiger partial charge in [0.05, 0.1) is 5.33 Å². The molecule has 46 valence electrons. The smallest absolute Gasteiger partial charge is 0.271 e. The van der Waals surface area contributed by atoms with E-state index >= 15 is 0 Å². The van der Waals surface area contributed by atoms with Crippen LogP contribution in [-0.2, 0) is 15.3 Å². The molecule has 0 atom stereocenters. The summed E-state index contributed by atoms with van der Waals surface area (Å²) in [5.41, 5.74) is 0. The van der Waals surface area contributed by atoms with Gasteiger partial charge in [0.25, 0.3) is 5.91 Å². The maximum absolute atomic E-state index is 10.0. The maximum atomic E-state index is 10.0. The summed E-state index contributed by atoms with van der Waals surface area (Å²) < 4.78 is 21.7. The van der Waals surface area contributed by atoms with Crippen molar-refractivity contribution in [2.24, 2.45) is 4.36 Å². The minimum Gasteiger partial charge on any atom is -0.271 e. The molecule has 0 aliphatic heterocycles. The Bertz CT molecular complexity index is 197. The van der Waals surface area contributed by atoms with Gasteiger partial charge in [-0.3, -0.25) is 4.79 Å². The van der Waals surface area contributed by atoms with E-state index in [1.165, 1.54) is 0 Å². The summed E-state index contributed by atoms with van der Waals surface area (Å²) in [6.45, 7) is 0. The second kappa shape index (κ2) is 3.73. The Labute approximate surface area is 55.7 Å². The Morgan fingerprint density at radius 3 is 2.25 bits per heavy atom. The van der Waals surface area contributed by atoms with Crippen molar-refractivity contribution >= 4 is 32.3 Å². The molecule has 0 radical (unpaired) electrons. The van der Waals surface area contributed by atoms with Crippen LogP contribution in [-0.4, -0.2) is 19.7 Å². The minimum absolute atomic E-state index is 0.0546. The van der Waals surface area contributed by atoms with Gasteiger partial charge < -0.3 is 0 Å². The molecule has 0 N–H and O–H groups in total. The highest BCUT2D eigenvalue weighted by Gasteiger charge is 1.91. The van der Waals surface area contributed by atoms with Gasteiger partial charge in [-0.05, 0) is 0 Å². The Hall–Kier alpha value is -0.230. The van der Waals surface area contributed by atoms with Gasteiger partial charge in [0.15, 0.2) is 0 Å². The Kier molecular flexibility index (Phi) is 3.63. The van der Waals surface area contributed by atoms with Gasteiger partial charge in [0, 0.05) is 0 Å². The number of rotatable bonds is 1. The molecule has 0 bridgehead atoms. The molecule has 0 rings (SSSR count). The highest BCUT2D eigenvalue weighted by Crippen LogP contribution is 1.81. The molecule has 0 unspecified atom stereocenters. The van der Waals surface area contributed by atoms with Crippen LogP contribution < -0.4 is 0 Å². The van der Waals surface area contributed by atoms with Crippen LogP contribution in [0.1, 0.15) is 0 Å². The molecule has 0 heterocycles. The third-order valence-corrected chi connectivity index (χ3v) is 1.12. The predicted molar refractivity (Wildman–Crippen MR) is 30.1 cm³/mol. The molecule has 4 nitrogen and oxygen atoms in total. The number of amides is 1. The Morgan fingerprint density at radius 2 is 2.12 bits per heavy atom. The van der Waals surface area contributed by atoms with E-state index in [9.17, 15) is 13.2 Å². The normalized spacial score (nSPS) is 8.12. The number of hydrogen-bond donors (Lipinski definition) is 0. The monoisotopic (exact) mass is 199 g/mol. The minimum atomic E-state index is -2.60. The van der Waals surface area contributed by atoms with E-state index in [2.05, 4.69) is 20.3 Å². The number of carbonyl (C=O) groups excluding carboxylic acids is 1. The van der Waals surface area contributed by atoms with Crippen molar-refractivity contribution in [3.63, 3.8) is 0 Å². The molecule has 1 amide bonds. The Morgan fingerprint density at radius 1 is 1.62 bits per heavy atom. The van der Waals surface area contributed by atoms with Crippen LogP contribution in [0, 0.1) is 0 Å². The summed E-state index contributed by atoms with van der Waals surface area (Å²) in [6, 6.07) is 0. The fraction of sp³-hybridized carbons (Fsp3) is 0.500. The average Bonchev–Trinajstić information content (AvgIpc) is 1.65. The van der Waals surface area contributed by atoms with Gasteiger partial charge in [-0.1, -0.05) is 20.3 Å². The van der Waals surface area contributed by atoms with E-state index in [0.717, 1.165) is 0 Å². The summed E-state index contributed by atoms with van der Waals surface area (Å²) in [4.78, 5) is 10.0. The second-order valence-electron chi connectivity index (χ2n) is 0.836. The number of hydrogen-bond acceptors (Lipinski definition) is 3.